The highest BCUT2D eigenvalue weighted by atomic mass is 16.5. The van der Waals surface area contributed by atoms with E-state index in [1.165, 1.54) is 6.07 Å². The first kappa shape index (κ1) is 12.3. The Kier molecular flexibility index (Phi) is 2.90. The van der Waals surface area contributed by atoms with E-state index in [1.807, 2.05) is 0 Å². The number of benzene rings is 1. The van der Waals surface area contributed by atoms with Gasteiger partial charge in [0.25, 0.3) is 0 Å². The van der Waals surface area contributed by atoms with Crippen LogP contribution in [0.1, 0.15) is 22.2 Å². The molecule has 6 nitrogen and oxygen atoms in total. The highest BCUT2D eigenvalue weighted by Crippen LogP contribution is 2.22. The summed E-state index contributed by atoms with van der Waals surface area (Å²) in [7, 11) is 0. The Morgan fingerprint density at radius 2 is 2.15 bits per heavy atom. The average molecular weight is 273 g/mol. The Bertz CT molecular complexity index is 771. The third-order valence-electron chi connectivity index (χ3n) is 2.72. The van der Waals surface area contributed by atoms with Gasteiger partial charge in [0.1, 0.15) is 23.6 Å². The van der Waals surface area contributed by atoms with Crippen molar-refractivity contribution in [3.05, 3.63) is 47.7 Å². The van der Waals surface area contributed by atoms with E-state index in [0.717, 1.165) is 0 Å². The van der Waals surface area contributed by atoms with Gasteiger partial charge >= 0.3 is 5.97 Å². The van der Waals surface area contributed by atoms with Crippen LogP contribution in [0.4, 0.5) is 0 Å². The van der Waals surface area contributed by atoms with Crippen molar-refractivity contribution in [2.24, 2.45) is 0 Å². The van der Waals surface area contributed by atoms with Gasteiger partial charge in [0.15, 0.2) is 11.5 Å². The van der Waals surface area contributed by atoms with Crippen molar-refractivity contribution in [1.82, 2.24) is 4.98 Å². The number of oxazole rings is 1. The Morgan fingerprint density at radius 1 is 1.30 bits per heavy atom. The van der Waals surface area contributed by atoms with E-state index in [9.17, 15) is 4.79 Å². The summed E-state index contributed by atoms with van der Waals surface area (Å²) in [6.45, 7) is 1.92. The quantitative estimate of drug-likeness (QED) is 0.786. The highest BCUT2D eigenvalue weighted by Gasteiger charge is 2.10. The summed E-state index contributed by atoms with van der Waals surface area (Å²) in [5, 5.41) is 8.75. The molecule has 6 heteroatoms. The number of aromatic nitrogens is 1. The molecule has 1 aromatic carbocycles. The number of rotatable bonds is 4. The second kappa shape index (κ2) is 4.73. The van der Waals surface area contributed by atoms with E-state index in [1.54, 1.807) is 31.2 Å². The first-order valence-corrected chi connectivity index (χ1v) is 5.94. The first-order valence-electron chi connectivity index (χ1n) is 5.94. The standard InChI is InChI=1S/C14H11NO5/c1-8-15-11-6-9(2-4-12(11)19-8)18-7-10-3-5-13(20-10)14(16)17/h2-6H,7H2,1H3,(H,16,17). The molecule has 0 saturated heterocycles. The van der Waals surface area contributed by atoms with Gasteiger partial charge in [-0.05, 0) is 24.3 Å². The number of ether oxygens (including phenoxy) is 1. The molecule has 2 heterocycles. The summed E-state index contributed by atoms with van der Waals surface area (Å²) in [5.41, 5.74) is 1.41. The lowest BCUT2D eigenvalue weighted by atomic mass is 10.3. The monoisotopic (exact) mass is 273 g/mol. The van der Waals surface area contributed by atoms with Gasteiger partial charge in [-0.3, -0.25) is 0 Å². The zero-order valence-corrected chi connectivity index (χ0v) is 10.6. The van der Waals surface area contributed by atoms with Crippen LogP contribution in [-0.2, 0) is 6.61 Å². The number of hydrogen-bond donors (Lipinski definition) is 1. The van der Waals surface area contributed by atoms with Crippen molar-refractivity contribution in [2.75, 3.05) is 0 Å². The van der Waals surface area contributed by atoms with Gasteiger partial charge < -0.3 is 18.7 Å². The smallest absolute Gasteiger partial charge is 0.371 e. The third kappa shape index (κ3) is 2.35. The fourth-order valence-corrected chi connectivity index (χ4v) is 1.84. The fraction of sp³-hybridized carbons (Fsp3) is 0.143. The van der Waals surface area contributed by atoms with E-state index >= 15 is 0 Å². The molecular formula is C14H11NO5. The first-order chi connectivity index (χ1) is 9.61. The van der Waals surface area contributed by atoms with Crippen molar-refractivity contribution < 1.29 is 23.5 Å². The lowest BCUT2D eigenvalue weighted by molar-refractivity contribution is 0.0658. The number of hydrogen-bond acceptors (Lipinski definition) is 5. The largest absolute Gasteiger partial charge is 0.486 e. The minimum Gasteiger partial charge on any atom is -0.486 e. The van der Waals surface area contributed by atoms with E-state index in [2.05, 4.69) is 4.98 Å². The van der Waals surface area contributed by atoms with Crippen LogP contribution in [0.2, 0.25) is 0 Å². The summed E-state index contributed by atoms with van der Waals surface area (Å²) in [4.78, 5) is 14.9. The fourth-order valence-electron chi connectivity index (χ4n) is 1.84. The molecule has 0 fully saturated rings. The minimum absolute atomic E-state index is 0.105. The maximum atomic E-state index is 10.7. The van der Waals surface area contributed by atoms with Crippen LogP contribution in [0.5, 0.6) is 5.75 Å². The van der Waals surface area contributed by atoms with Gasteiger partial charge in [0.05, 0.1) is 0 Å². The number of aromatic carboxylic acids is 1. The van der Waals surface area contributed by atoms with Crippen molar-refractivity contribution >= 4 is 17.1 Å². The van der Waals surface area contributed by atoms with Gasteiger partial charge in [0.2, 0.25) is 5.76 Å². The van der Waals surface area contributed by atoms with Crippen LogP contribution in [0.25, 0.3) is 11.1 Å². The summed E-state index contributed by atoms with van der Waals surface area (Å²) < 4.78 is 16.0. The van der Waals surface area contributed by atoms with Crippen LogP contribution in [0.15, 0.2) is 39.2 Å². The van der Waals surface area contributed by atoms with Crippen LogP contribution < -0.4 is 4.74 Å². The molecule has 2 aromatic heterocycles. The number of carboxylic acids is 1. The average Bonchev–Trinajstić information content (AvgIpc) is 3.00. The predicted octanol–water partition coefficient (Wildman–Crippen LogP) is 3.01. The molecular weight excluding hydrogens is 262 g/mol. The molecule has 3 rings (SSSR count). The minimum atomic E-state index is -1.10. The molecule has 20 heavy (non-hydrogen) atoms. The maximum absolute atomic E-state index is 10.7. The lowest BCUT2D eigenvalue weighted by Gasteiger charge is -2.03. The molecule has 3 aromatic rings. The molecule has 1 N–H and O–H groups in total. The van der Waals surface area contributed by atoms with Crippen molar-refractivity contribution in [1.29, 1.82) is 0 Å². The van der Waals surface area contributed by atoms with Crippen molar-refractivity contribution in [3.63, 3.8) is 0 Å². The zero-order chi connectivity index (χ0) is 14.1. The van der Waals surface area contributed by atoms with Crippen LogP contribution in [-0.4, -0.2) is 16.1 Å². The van der Waals surface area contributed by atoms with E-state index in [-0.39, 0.29) is 12.4 Å². The lowest BCUT2D eigenvalue weighted by Crippen LogP contribution is -1.95. The predicted molar refractivity (Wildman–Crippen MR) is 68.7 cm³/mol. The third-order valence-corrected chi connectivity index (χ3v) is 2.72. The van der Waals surface area contributed by atoms with Crippen LogP contribution >= 0.6 is 0 Å². The Labute approximate surface area is 113 Å². The molecule has 0 radical (unpaired) electrons. The molecule has 0 spiro atoms. The maximum Gasteiger partial charge on any atom is 0.371 e. The van der Waals surface area contributed by atoms with Gasteiger partial charge in [-0.1, -0.05) is 0 Å². The molecule has 0 amide bonds. The highest BCUT2D eigenvalue weighted by molar-refractivity contribution is 5.84. The number of carbonyl (C=O) groups is 1. The van der Waals surface area contributed by atoms with Gasteiger partial charge in [0, 0.05) is 13.0 Å². The molecule has 0 atom stereocenters. The summed E-state index contributed by atoms with van der Waals surface area (Å²) in [6, 6.07) is 8.25. The molecule has 0 bridgehead atoms. The van der Waals surface area contributed by atoms with Gasteiger partial charge in [-0.15, -0.1) is 0 Å². The normalized spacial score (nSPS) is 10.8. The summed E-state index contributed by atoms with van der Waals surface area (Å²) >= 11 is 0. The van der Waals surface area contributed by atoms with E-state index < -0.39 is 5.97 Å². The molecule has 0 aliphatic carbocycles. The summed E-state index contributed by atoms with van der Waals surface area (Å²) in [6.07, 6.45) is 0. The zero-order valence-electron chi connectivity index (χ0n) is 10.6. The van der Waals surface area contributed by atoms with E-state index in [4.69, 9.17) is 18.7 Å². The molecule has 0 saturated carbocycles. The number of fused-ring (bicyclic) bond motifs is 1. The van der Waals surface area contributed by atoms with Crippen molar-refractivity contribution in [2.45, 2.75) is 13.5 Å². The Balaban J connectivity index is 1.73. The van der Waals surface area contributed by atoms with Crippen molar-refractivity contribution in [3.8, 4) is 5.75 Å². The van der Waals surface area contributed by atoms with Crippen LogP contribution in [0.3, 0.4) is 0 Å². The molecule has 102 valence electrons. The molecule has 0 aliphatic heterocycles. The Morgan fingerprint density at radius 3 is 2.90 bits per heavy atom. The Hall–Kier alpha value is -2.76. The number of aryl methyl sites for hydroxylation is 1. The number of nitrogens with zero attached hydrogens (tertiary/aromatic N) is 1. The SMILES string of the molecule is Cc1nc2cc(OCc3ccc(C(=O)O)o3)ccc2o1. The number of carboxylic acid groups (broad SMARTS) is 1. The number of furan rings is 1. The second-order valence-corrected chi connectivity index (χ2v) is 4.22. The molecule has 0 unspecified atom stereocenters. The summed E-state index contributed by atoms with van der Waals surface area (Å²) in [5.74, 6) is 0.439. The van der Waals surface area contributed by atoms with Gasteiger partial charge in [-0.2, -0.15) is 0 Å². The van der Waals surface area contributed by atoms with Crippen LogP contribution in [0, 0.1) is 6.92 Å². The van der Waals surface area contributed by atoms with E-state index in [0.29, 0.717) is 28.5 Å². The second-order valence-electron chi connectivity index (χ2n) is 4.22. The molecule has 0 aliphatic rings. The topological polar surface area (TPSA) is 85.7 Å². The van der Waals surface area contributed by atoms with Gasteiger partial charge in [-0.25, -0.2) is 9.78 Å².